The van der Waals surface area contributed by atoms with Gasteiger partial charge in [0.2, 0.25) is 0 Å². The van der Waals surface area contributed by atoms with Crippen LogP contribution in [0.3, 0.4) is 0 Å². The van der Waals surface area contributed by atoms with E-state index in [9.17, 15) is 4.79 Å². The van der Waals surface area contributed by atoms with Gasteiger partial charge in [0.05, 0.1) is 12.0 Å². The maximum atomic E-state index is 11.8. The molecule has 0 saturated carbocycles. The topological polar surface area (TPSA) is 63.5 Å². The van der Waals surface area contributed by atoms with E-state index < -0.39 is 0 Å². The van der Waals surface area contributed by atoms with Crippen LogP contribution in [0.15, 0.2) is 17.0 Å². The molecule has 0 radical (unpaired) electrons. The normalized spacial score (nSPS) is 15.3. The number of hydrogen-bond acceptors (Lipinski definition) is 6. The van der Waals surface area contributed by atoms with Crippen molar-refractivity contribution >= 4 is 38.8 Å². The summed E-state index contributed by atoms with van der Waals surface area (Å²) < 4.78 is 7.71. The first kappa shape index (κ1) is 16.2. The molecule has 7 nitrogen and oxygen atoms in total. The van der Waals surface area contributed by atoms with Crippen molar-refractivity contribution in [2.24, 2.45) is 0 Å². The molecule has 1 fully saturated rings. The Kier molecular flexibility index (Phi) is 4.54. The predicted octanol–water partition coefficient (Wildman–Crippen LogP) is 1.51. The quantitative estimate of drug-likeness (QED) is 0.731. The van der Waals surface area contributed by atoms with Crippen molar-refractivity contribution in [2.75, 3.05) is 38.7 Å². The van der Waals surface area contributed by atoms with Crippen LogP contribution in [0, 0.1) is 0 Å². The molecule has 8 heteroatoms. The highest BCUT2D eigenvalue weighted by molar-refractivity contribution is 9.10. The molecule has 0 N–H and O–H groups in total. The van der Waals surface area contributed by atoms with Crippen LogP contribution in [0.4, 0.5) is 5.82 Å². The third-order valence-corrected chi connectivity index (χ3v) is 4.69. The molecule has 2 aromatic heterocycles. The second-order valence-corrected chi connectivity index (χ2v) is 6.68. The number of fused-ring (bicyclic) bond motifs is 1. The van der Waals surface area contributed by atoms with Gasteiger partial charge in [-0.05, 0) is 36.9 Å². The maximum Gasteiger partial charge on any atom is 0.325 e. The fourth-order valence-electron chi connectivity index (χ4n) is 2.72. The Balaban J connectivity index is 1.90. The van der Waals surface area contributed by atoms with Gasteiger partial charge < -0.3 is 19.1 Å². The van der Waals surface area contributed by atoms with E-state index in [4.69, 9.17) is 4.74 Å². The van der Waals surface area contributed by atoms with Gasteiger partial charge in [-0.3, -0.25) is 4.79 Å². The molecule has 2 aromatic rings. The summed E-state index contributed by atoms with van der Waals surface area (Å²) in [6.07, 6.45) is 3.41. The Hall–Kier alpha value is -1.67. The van der Waals surface area contributed by atoms with E-state index in [0.717, 1.165) is 34.4 Å². The first-order chi connectivity index (χ1) is 11.0. The summed E-state index contributed by atoms with van der Waals surface area (Å²) in [6.45, 7) is 4.20. The summed E-state index contributed by atoms with van der Waals surface area (Å²) in [5.74, 6) is 0.635. The largest absolute Gasteiger partial charge is 0.465 e. The van der Waals surface area contributed by atoms with Crippen LogP contribution in [0.2, 0.25) is 0 Å². The third kappa shape index (κ3) is 3.05. The highest BCUT2D eigenvalue weighted by atomic mass is 79.9. The SMILES string of the molecule is CCOC(=O)Cn1cc(Br)c2c(N3CC(N(C)C)C3)ncnc21. The van der Waals surface area contributed by atoms with Crippen LogP contribution < -0.4 is 4.90 Å². The Labute approximate surface area is 143 Å². The van der Waals surface area contributed by atoms with Crippen LogP contribution in [-0.2, 0) is 16.1 Å². The van der Waals surface area contributed by atoms with Gasteiger partial charge in [-0.2, -0.15) is 0 Å². The lowest BCUT2D eigenvalue weighted by Gasteiger charge is -2.43. The molecule has 1 saturated heterocycles. The molecule has 0 bridgehead atoms. The molecule has 3 heterocycles. The van der Waals surface area contributed by atoms with Gasteiger partial charge >= 0.3 is 5.97 Å². The molecular weight excluding hydrogens is 362 g/mol. The summed E-state index contributed by atoms with van der Waals surface area (Å²) >= 11 is 3.57. The van der Waals surface area contributed by atoms with Gasteiger partial charge in [-0.15, -0.1) is 0 Å². The number of ether oxygens (including phenoxy) is 1. The summed E-state index contributed by atoms with van der Waals surface area (Å²) in [4.78, 5) is 25.0. The van der Waals surface area contributed by atoms with Gasteiger partial charge in [0, 0.05) is 29.8 Å². The van der Waals surface area contributed by atoms with Crippen molar-refractivity contribution in [1.29, 1.82) is 0 Å². The number of halogens is 1. The van der Waals surface area contributed by atoms with E-state index in [2.05, 4.69) is 49.8 Å². The second kappa shape index (κ2) is 6.45. The first-order valence-electron chi connectivity index (χ1n) is 7.57. The summed E-state index contributed by atoms with van der Waals surface area (Å²) in [5, 5.41) is 0.939. The van der Waals surface area contributed by atoms with Gasteiger partial charge in [0.1, 0.15) is 24.3 Å². The number of hydrogen-bond donors (Lipinski definition) is 0. The van der Waals surface area contributed by atoms with Crippen molar-refractivity contribution in [2.45, 2.75) is 19.5 Å². The number of aromatic nitrogens is 3. The van der Waals surface area contributed by atoms with Gasteiger partial charge in [0.15, 0.2) is 0 Å². The van der Waals surface area contributed by atoms with Crippen molar-refractivity contribution in [1.82, 2.24) is 19.4 Å². The number of likely N-dealkylation sites (N-methyl/N-ethyl adjacent to an activating group) is 1. The zero-order chi connectivity index (χ0) is 16.6. The summed E-state index contributed by atoms with van der Waals surface area (Å²) in [6, 6.07) is 0.542. The number of esters is 1. The van der Waals surface area contributed by atoms with Crippen molar-refractivity contribution in [3.8, 4) is 0 Å². The maximum absolute atomic E-state index is 11.8. The lowest BCUT2D eigenvalue weighted by Crippen LogP contribution is -2.57. The highest BCUT2D eigenvalue weighted by Gasteiger charge is 2.31. The molecular formula is C15H20BrN5O2. The monoisotopic (exact) mass is 381 g/mol. The molecule has 0 aliphatic carbocycles. The molecule has 0 amide bonds. The molecule has 0 aromatic carbocycles. The second-order valence-electron chi connectivity index (χ2n) is 5.83. The van der Waals surface area contributed by atoms with Crippen molar-refractivity contribution < 1.29 is 9.53 Å². The summed E-state index contributed by atoms with van der Waals surface area (Å²) in [7, 11) is 4.17. The average molecular weight is 382 g/mol. The molecule has 1 aliphatic heterocycles. The van der Waals surface area contributed by atoms with Crippen LogP contribution in [0.25, 0.3) is 11.0 Å². The third-order valence-electron chi connectivity index (χ3n) is 4.08. The fraction of sp³-hybridized carbons (Fsp3) is 0.533. The lowest BCUT2D eigenvalue weighted by molar-refractivity contribution is -0.143. The van der Waals surface area contributed by atoms with E-state index in [1.54, 1.807) is 17.8 Å². The smallest absolute Gasteiger partial charge is 0.325 e. The molecule has 0 spiro atoms. The van der Waals surface area contributed by atoms with Gasteiger partial charge in [-0.1, -0.05) is 0 Å². The fourth-order valence-corrected chi connectivity index (χ4v) is 3.32. The molecule has 0 unspecified atom stereocenters. The average Bonchev–Trinajstić information content (AvgIpc) is 2.74. The number of rotatable bonds is 5. The van der Waals surface area contributed by atoms with E-state index in [1.807, 2.05) is 6.20 Å². The first-order valence-corrected chi connectivity index (χ1v) is 8.37. The van der Waals surface area contributed by atoms with E-state index in [1.165, 1.54) is 0 Å². The Morgan fingerprint density at radius 2 is 2.17 bits per heavy atom. The van der Waals surface area contributed by atoms with Crippen molar-refractivity contribution in [3.05, 3.63) is 17.0 Å². The minimum atomic E-state index is -0.270. The van der Waals surface area contributed by atoms with Gasteiger partial charge in [-0.25, -0.2) is 9.97 Å². The standard InChI is InChI=1S/C15H20BrN5O2/c1-4-23-12(22)8-21-7-11(16)13-14(17-9-18-15(13)21)20-5-10(6-20)19(2)3/h7,9-10H,4-6,8H2,1-3H3. The zero-order valence-electron chi connectivity index (χ0n) is 13.5. The van der Waals surface area contributed by atoms with Crippen molar-refractivity contribution in [3.63, 3.8) is 0 Å². The van der Waals surface area contributed by atoms with Crippen LogP contribution >= 0.6 is 15.9 Å². The molecule has 23 heavy (non-hydrogen) atoms. The zero-order valence-corrected chi connectivity index (χ0v) is 15.1. The molecule has 3 rings (SSSR count). The minimum absolute atomic E-state index is 0.146. The number of carbonyl (C=O) groups excluding carboxylic acids is 1. The van der Waals surface area contributed by atoms with E-state index in [0.29, 0.717) is 12.6 Å². The summed E-state index contributed by atoms with van der Waals surface area (Å²) in [5.41, 5.74) is 0.739. The van der Waals surface area contributed by atoms with E-state index in [-0.39, 0.29) is 12.5 Å². The van der Waals surface area contributed by atoms with Crippen LogP contribution in [0.5, 0.6) is 0 Å². The van der Waals surface area contributed by atoms with Gasteiger partial charge in [0.25, 0.3) is 0 Å². The van der Waals surface area contributed by atoms with Crippen LogP contribution in [-0.4, -0.2) is 65.2 Å². The Bertz CT molecular complexity index is 724. The van der Waals surface area contributed by atoms with Crippen LogP contribution in [0.1, 0.15) is 6.92 Å². The Morgan fingerprint density at radius 3 is 2.83 bits per heavy atom. The minimum Gasteiger partial charge on any atom is -0.465 e. The van der Waals surface area contributed by atoms with E-state index >= 15 is 0 Å². The lowest BCUT2D eigenvalue weighted by atomic mass is 10.1. The number of nitrogens with zero attached hydrogens (tertiary/aromatic N) is 5. The Morgan fingerprint density at radius 1 is 1.43 bits per heavy atom. The number of anilines is 1. The molecule has 124 valence electrons. The molecule has 1 aliphatic rings. The number of carbonyl (C=O) groups is 1. The highest BCUT2D eigenvalue weighted by Crippen LogP contribution is 2.34. The molecule has 0 atom stereocenters. The predicted molar refractivity (Wildman–Crippen MR) is 91.5 cm³/mol.